The molecule has 7 nitrogen and oxygen atoms in total. The molecule has 9 heteroatoms. The summed E-state index contributed by atoms with van der Waals surface area (Å²) in [6, 6.07) is 1.58. The lowest BCUT2D eigenvalue weighted by atomic mass is 9.96. The van der Waals surface area contributed by atoms with Crippen molar-refractivity contribution in [1.82, 2.24) is 9.21 Å². The van der Waals surface area contributed by atoms with E-state index in [2.05, 4.69) is 0 Å². The molecule has 3 fully saturated rings. The van der Waals surface area contributed by atoms with Crippen molar-refractivity contribution in [2.24, 2.45) is 5.92 Å². The lowest BCUT2D eigenvalue weighted by Gasteiger charge is -2.34. The zero-order chi connectivity index (χ0) is 18.9. The molecule has 0 spiro atoms. The summed E-state index contributed by atoms with van der Waals surface area (Å²) in [7, 11) is -3.60. The van der Waals surface area contributed by atoms with E-state index in [9.17, 15) is 13.2 Å². The lowest BCUT2D eigenvalue weighted by molar-refractivity contribution is -0.0956. The van der Waals surface area contributed by atoms with Crippen LogP contribution in [0.15, 0.2) is 16.3 Å². The standard InChI is InChI=1S/C18H26N2O5S2/c21-17(19-9-4-14(5-10-19)18-24-11-12-25-18)16-15(6-13-26-16)27(22,23)20-7-2-1-3-8-20/h6,13-14,18H,1-5,7-12H2. The number of rotatable bonds is 4. The third-order valence-corrected chi connectivity index (χ3v) is 8.59. The van der Waals surface area contributed by atoms with Crippen LogP contribution in [0.1, 0.15) is 41.8 Å². The number of ether oxygens (including phenoxy) is 2. The van der Waals surface area contributed by atoms with Gasteiger partial charge in [0.25, 0.3) is 5.91 Å². The smallest absolute Gasteiger partial charge is 0.265 e. The maximum atomic E-state index is 13.0. The summed E-state index contributed by atoms with van der Waals surface area (Å²) in [6.45, 7) is 3.56. The maximum absolute atomic E-state index is 13.0. The fraction of sp³-hybridized carbons (Fsp3) is 0.722. The minimum atomic E-state index is -3.60. The second-order valence-corrected chi connectivity index (χ2v) is 10.1. The number of amides is 1. The molecule has 4 rings (SSSR count). The Morgan fingerprint density at radius 2 is 1.70 bits per heavy atom. The van der Waals surface area contributed by atoms with E-state index in [1.807, 2.05) is 0 Å². The third kappa shape index (κ3) is 3.93. The van der Waals surface area contributed by atoms with Crippen LogP contribution in [0.4, 0.5) is 0 Å². The van der Waals surface area contributed by atoms with Crippen molar-refractivity contribution in [3.8, 4) is 0 Å². The van der Waals surface area contributed by atoms with E-state index in [1.54, 1.807) is 16.3 Å². The molecule has 4 heterocycles. The Labute approximate surface area is 164 Å². The normalized spacial score (nSPS) is 23.8. The number of hydrogen-bond acceptors (Lipinski definition) is 6. The molecule has 3 aliphatic rings. The molecule has 1 aromatic heterocycles. The molecule has 0 N–H and O–H groups in total. The topological polar surface area (TPSA) is 76.2 Å². The van der Waals surface area contributed by atoms with Crippen molar-refractivity contribution in [2.75, 3.05) is 39.4 Å². The first kappa shape index (κ1) is 19.3. The van der Waals surface area contributed by atoms with Gasteiger partial charge in [-0.1, -0.05) is 6.42 Å². The van der Waals surface area contributed by atoms with Gasteiger partial charge in [-0.2, -0.15) is 4.31 Å². The van der Waals surface area contributed by atoms with E-state index < -0.39 is 10.0 Å². The van der Waals surface area contributed by atoms with Gasteiger partial charge in [0.05, 0.1) is 13.2 Å². The number of nitrogens with zero attached hydrogens (tertiary/aromatic N) is 2. The van der Waals surface area contributed by atoms with Gasteiger partial charge in [-0.25, -0.2) is 8.42 Å². The summed E-state index contributed by atoms with van der Waals surface area (Å²) >= 11 is 1.22. The van der Waals surface area contributed by atoms with Gasteiger partial charge in [0.15, 0.2) is 6.29 Å². The van der Waals surface area contributed by atoms with E-state index in [4.69, 9.17) is 9.47 Å². The highest BCUT2D eigenvalue weighted by Gasteiger charge is 2.35. The van der Waals surface area contributed by atoms with Crippen molar-refractivity contribution >= 4 is 27.3 Å². The lowest BCUT2D eigenvalue weighted by Crippen LogP contribution is -2.42. The Kier molecular flexibility index (Phi) is 5.84. The van der Waals surface area contributed by atoms with Gasteiger partial charge < -0.3 is 14.4 Å². The van der Waals surface area contributed by atoms with Gasteiger partial charge in [-0.3, -0.25) is 4.79 Å². The van der Waals surface area contributed by atoms with Crippen LogP contribution in [-0.2, 0) is 19.5 Å². The second-order valence-electron chi connectivity index (χ2n) is 7.32. The zero-order valence-electron chi connectivity index (χ0n) is 15.3. The monoisotopic (exact) mass is 414 g/mol. The van der Waals surface area contributed by atoms with Crippen LogP contribution in [0.2, 0.25) is 0 Å². The molecule has 27 heavy (non-hydrogen) atoms. The molecule has 0 saturated carbocycles. The molecular weight excluding hydrogens is 388 g/mol. The third-order valence-electron chi connectivity index (χ3n) is 5.62. The summed E-state index contributed by atoms with van der Waals surface area (Å²) in [6.07, 6.45) is 4.30. The molecule has 0 unspecified atom stereocenters. The Hall–Kier alpha value is -1.00. The molecule has 3 aliphatic heterocycles. The van der Waals surface area contributed by atoms with Crippen LogP contribution in [0.5, 0.6) is 0 Å². The van der Waals surface area contributed by atoms with E-state index in [-0.39, 0.29) is 17.1 Å². The minimum absolute atomic E-state index is 0.154. The number of piperidine rings is 2. The highest BCUT2D eigenvalue weighted by Crippen LogP contribution is 2.31. The Bertz CT molecular complexity index is 758. The highest BCUT2D eigenvalue weighted by atomic mass is 32.2. The maximum Gasteiger partial charge on any atom is 0.265 e. The summed E-state index contributed by atoms with van der Waals surface area (Å²) in [5.74, 6) is 0.128. The van der Waals surface area contributed by atoms with E-state index in [1.165, 1.54) is 15.6 Å². The SMILES string of the molecule is O=C(c1sccc1S(=O)(=O)N1CCCCC1)N1CCC(C2OCCO2)CC1. The summed E-state index contributed by atoms with van der Waals surface area (Å²) < 4.78 is 38.7. The second kappa shape index (κ2) is 8.16. The average molecular weight is 415 g/mol. The Balaban J connectivity index is 1.45. The molecule has 0 aliphatic carbocycles. The Morgan fingerprint density at radius 3 is 2.37 bits per heavy atom. The number of sulfonamides is 1. The molecule has 1 aromatic rings. The van der Waals surface area contributed by atoms with Crippen molar-refractivity contribution in [2.45, 2.75) is 43.3 Å². The minimum Gasteiger partial charge on any atom is -0.350 e. The van der Waals surface area contributed by atoms with E-state index in [0.29, 0.717) is 50.2 Å². The van der Waals surface area contributed by atoms with Crippen molar-refractivity contribution in [1.29, 1.82) is 0 Å². The first-order chi connectivity index (χ1) is 13.1. The van der Waals surface area contributed by atoms with Crippen molar-refractivity contribution in [3.05, 3.63) is 16.3 Å². The number of carbonyl (C=O) groups excluding carboxylic acids is 1. The van der Waals surface area contributed by atoms with E-state index >= 15 is 0 Å². The highest BCUT2D eigenvalue weighted by molar-refractivity contribution is 7.89. The van der Waals surface area contributed by atoms with Gasteiger partial charge in [0.2, 0.25) is 10.0 Å². The molecule has 1 amide bonds. The van der Waals surface area contributed by atoms with Gasteiger partial charge in [-0.15, -0.1) is 11.3 Å². The fourth-order valence-electron chi connectivity index (χ4n) is 4.07. The number of carbonyl (C=O) groups is 1. The molecular formula is C18H26N2O5S2. The molecule has 0 bridgehead atoms. The van der Waals surface area contributed by atoms with Crippen LogP contribution >= 0.6 is 11.3 Å². The summed E-state index contributed by atoms with van der Waals surface area (Å²) in [4.78, 5) is 15.3. The zero-order valence-corrected chi connectivity index (χ0v) is 17.0. The molecule has 0 radical (unpaired) electrons. The largest absolute Gasteiger partial charge is 0.350 e. The summed E-state index contributed by atoms with van der Waals surface area (Å²) in [5, 5.41) is 1.71. The predicted octanol–water partition coefficient (Wildman–Crippen LogP) is 2.15. The van der Waals surface area contributed by atoms with E-state index in [0.717, 1.165) is 32.1 Å². The first-order valence-corrected chi connectivity index (χ1v) is 12.0. The Morgan fingerprint density at radius 1 is 1.04 bits per heavy atom. The number of thiophene rings is 1. The fourth-order valence-corrected chi connectivity index (χ4v) is 6.95. The number of hydrogen-bond donors (Lipinski definition) is 0. The summed E-state index contributed by atoms with van der Waals surface area (Å²) in [5.41, 5.74) is 0. The van der Waals surface area contributed by atoms with Crippen LogP contribution in [0.25, 0.3) is 0 Å². The molecule has 0 aromatic carbocycles. The van der Waals surface area contributed by atoms with Crippen molar-refractivity contribution < 1.29 is 22.7 Å². The van der Waals surface area contributed by atoms with Gasteiger partial charge in [-0.05, 0) is 37.1 Å². The van der Waals surface area contributed by atoms with Crippen molar-refractivity contribution in [3.63, 3.8) is 0 Å². The molecule has 3 saturated heterocycles. The molecule has 0 atom stereocenters. The van der Waals surface area contributed by atoms with Gasteiger partial charge >= 0.3 is 0 Å². The van der Waals surface area contributed by atoms with Gasteiger partial charge in [0, 0.05) is 32.1 Å². The van der Waals surface area contributed by atoms with Crippen LogP contribution in [0, 0.1) is 5.92 Å². The quantitative estimate of drug-likeness (QED) is 0.755. The number of likely N-dealkylation sites (tertiary alicyclic amines) is 1. The van der Waals surface area contributed by atoms with Crippen LogP contribution in [0.3, 0.4) is 0 Å². The average Bonchev–Trinajstić information content (AvgIpc) is 3.40. The van der Waals surface area contributed by atoms with Gasteiger partial charge in [0.1, 0.15) is 9.77 Å². The van der Waals surface area contributed by atoms with Crippen LogP contribution in [-0.4, -0.2) is 69.2 Å². The first-order valence-electron chi connectivity index (χ1n) is 9.67. The van der Waals surface area contributed by atoms with Crippen LogP contribution < -0.4 is 0 Å². The predicted molar refractivity (Wildman–Crippen MR) is 101 cm³/mol. The molecule has 150 valence electrons.